The highest BCUT2D eigenvalue weighted by atomic mass is 35.5. The minimum atomic E-state index is -0.882. The molecule has 0 spiro atoms. The second-order valence-corrected chi connectivity index (χ2v) is 6.01. The Morgan fingerprint density at radius 2 is 1.89 bits per heavy atom. The summed E-state index contributed by atoms with van der Waals surface area (Å²) in [5.74, 6) is 0.843. The van der Waals surface area contributed by atoms with E-state index in [0.717, 1.165) is 13.0 Å². The van der Waals surface area contributed by atoms with Crippen LogP contribution in [0.2, 0.25) is 5.28 Å². The van der Waals surface area contributed by atoms with Gasteiger partial charge in [0.15, 0.2) is 0 Å². The third-order valence-corrected chi connectivity index (χ3v) is 3.72. The molecule has 0 saturated heterocycles. The number of hydrogen-bond donors (Lipinski definition) is 2. The SMILES string of the molecule is CCCNc1nc(Cl)nc(NCC(C)S(C)=O)n1. The molecule has 2 atom stereocenters. The zero-order chi connectivity index (χ0) is 13.5. The van der Waals surface area contributed by atoms with Crippen LogP contribution in [0.3, 0.4) is 0 Å². The maximum Gasteiger partial charge on any atom is 0.228 e. The van der Waals surface area contributed by atoms with Crippen molar-refractivity contribution >= 4 is 34.3 Å². The van der Waals surface area contributed by atoms with Crippen LogP contribution in [0.1, 0.15) is 20.3 Å². The number of nitrogens with one attached hydrogen (secondary N) is 2. The van der Waals surface area contributed by atoms with Crippen molar-refractivity contribution in [3.8, 4) is 0 Å². The second-order valence-electron chi connectivity index (χ2n) is 3.87. The fourth-order valence-electron chi connectivity index (χ4n) is 1.10. The van der Waals surface area contributed by atoms with Gasteiger partial charge in [-0.3, -0.25) is 4.21 Å². The summed E-state index contributed by atoms with van der Waals surface area (Å²) in [6.45, 7) is 5.24. The lowest BCUT2D eigenvalue weighted by atomic mass is 10.5. The number of rotatable bonds is 7. The summed E-state index contributed by atoms with van der Waals surface area (Å²) in [4.78, 5) is 12.1. The maximum atomic E-state index is 11.2. The smallest absolute Gasteiger partial charge is 0.228 e. The summed E-state index contributed by atoms with van der Waals surface area (Å²) in [6, 6.07) is 0. The topological polar surface area (TPSA) is 79.8 Å². The van der Waals surface area contributed by atoms with Crippen LogP contribution in [0.25, 0.3) is 0 Å². The molecule has 0 aliphatic heterocycles. The van der Waals surface area contributed by atoms with E-state index in [1.807, 2.05) is 13.8 Å². The van der Waals surface area contributed by atoms with Crippen molar-refractivity contribution in [2.24, 2.45) is 0 Å². The van der Waals surface area contributed by atoms with Gasteiger partial charge in [0.2, 0.25) is 17.2 Å². The number of halogens is 1. The molecule has 1 heterocycles. The Labute approximate surface area is 114 Å². The molecule has 6 nitrogen and oxygen atoms in total. The lowest BCUT2D eigenvalue weighted by Gasteiger charge is -2.10. The zero-order valence-corrected chi connectivity index (χ0v) is 12.3. The Bertz CT molecular complexity index is 417. The molecular weight excluding hydrogens is 274 g/mol. The first kappa shape index (κ1) is 15.1. The predicted octanol–water partition coefficient (Wildman–Crippen LogP) is 1.53. The van der Waals surface area contributed by atoms with E-state index in [1.54, 1.807) is 6.26 Å². The fourth-order valence-corrected chi connectivity index (χ4v) is 1.58. The Morgan fingerprint density at radius 1 is 1.28 bits per heavy atom. The lowest BCUT2D eigenvalue weighted by molar-refractivity contribution is 0.678. The zero-order valence-electron chi connectivity index (χ0n) is 10.7. The van der Waals surface area contributed by atoms with Crippen LogP contribution < -0.4 is 10.6 Å². The van der Waals surface area contributed by atoms with Crippen molar-refractivity contribution in [1.82, 2.24) is 15.0 Å². The van der Waals surface area contributed by atoms with Gasteiger partial charge in [-0.25, -0.2) is 0 Å². The number of nitrogens with zero attached hydrogens (tertiary/aromatic N) is 3. The van der Waals surface area contributed by atoms with Gasteiger partial charge in [0, 0.05) is 35.4 Å². The molecule has 0 saturated carbocycles. The third kappa shape index (κ3) is 5.14. The summed E-state index contributed by atoms with van der Waals surface area (Å²) < 4.78 is 11.2. The normalized spacial score (nSPS) is 14.0. The predicted molar refractivity (Wildman–Crippen MR) is 75.6 cm³/mol. The minimum absolute atomic E-state index is 0.0209. The van der Waals surface area contributed by atoms with E-state index >= 15 is 0 Å². The van der Waals surface area contributed by atoms with Crippen molar-refractivity contribution in [3.05, 3.63) is 5.28 Å². The molecule has 1 rings (SSSR count). The van der Waals surface area contributed by atoms with Gasteiger partial charge in [-0.2, -0.15) is 15.0 Å². The molecular formula is C10H18ClN5OS. The second kappa shape index (κ2) is 7.48. The van der Waals surface area contributed by atoms with E-state index in [-0.39, 0.29) is 10.5 Å². The van der Waals surface area contributed by atoms with E-state index in [9.17, 15) is 4.21 Å². The number of aromatic nitrogens is 3. The summed E-state index contributed by atoms with van der Waals surface area (Å²) in [6.07, 6.45) is 2.64. The molecule has 2 unspecified atom stereocenters. The van der Waals surface area contributed by atoms with Crippen LogP contribution in [-0.2, 0) is 10.8 Å². The molecule has 1 aromatic heterocycles. The van der Waals surface area contributed by atoms with Crippen molar-refractivity contribution in [3.63, 3.8) is 0 Å². The number of hydrogen-bond acceptors (Lipinski definition) is 6. The molecule has 0 fully saturated rings. The molecule has 0 aromatic carbocycles. The largest absolute Gasteiger partial charge is 0.354 e. The van der Waals surface area contributed by atoms with Crippen molar-refractivity contribution < 1.29 is 4.21 Å². The van der Waals surface area contributed by atoms with Gasteiger partial charge >= 0.3 is 0 Å². The Balaban J connectivity index is 2.64. The van der Waals surface area contributed by atoms with Crippen LogP contribution in [0.15, 0.2) is 0 Å². The minimum Gasteiger partial charge on any atom is -0.354 e. The Hall–Kier alpha value is -0.950. The van der Waals surface area contributed by atoms with E-state index in [2.05, 4.69) is 25.6 Å². The summed E-state index contributed by atoms with van der Waals surface area (Å²) in [5.41, 5.74) is 0. The van der Waals surface area contributed by atoms with Crippen LogP contribution in [0.5, 0.6) is 0 Å². The fraction of sp³-hybridized carbons (Fsp3) is 0.700. The van der Waals surface area contributed by atoms with E-state index < -0.39 is 10.8 Å². The van der Waals surface area contributed by atoms with Gasteiger partial charge in [0.25, 0.3) is 0 Å². The molecule has 8 heteroatoms. The molecule has 1 aromatic rings. The quantitative estimate of drug-likeness (QED) is 0.793. The number of anilines is 2. The first-order chi connectivity index (χ1) is 8.52. The first-order valence-corrected chi connectivity index (χ1v) is 7.74. The molecule has 102 valence electrons. The highest BCUT2D eigenvalue weighted by molar-refractivity contribution is 7.84. The average Bonchev–Trinajstić information content (AvgIpc) is 2.32. The highest BCUT2D eigenvalue weighted by Gasteiger charge is 2.08. The van der Waals surface area contributed by atoms with Crippen molar-refractivity contribution in [2.75, 3.05) is 30.0 Å². The first-order valence-electron chi connectivity index (χ1n) is 5.74. The summed E-state index contributed by atoms with van der Waals surface area (Å²) in [7, 11) is -0.882. The average molecular weight is 292 g/mol. The molecule has 0 amide bonds. The van der Waals surface area contributed by atoms with Gasteiger partial charge in [-0.05, 0) is 24.9 Å². The van der Waals surface area contributed by atoms with Gasteiger partial charge in [0.05, 0.1) is 0 Å². The monoisotopic (exact) mass is 291 g/mol. The lowest BCUT2D eigenvalue weighted by Crippen LogP contribution is -2.22. The Kier molecular flexibility index (Phi) is 6.28. The standard InChI is InChI=1S/C10H18ClN5OS/c1-4-5-12-9-14-8(11)15-10(16-9)13-6-7(2)18(3)17/h7H,4-6H2,1-3H3,(H2,12,13,14,15,16). The van der Waals surface area contributed by atoms with Crippen molar-refractivity contribution in [2.45, 2.75) is 25.5 Å². The van der Waals surface area contributed by atoms with Crippen LogP contribution in [0, 0.1) is 0 Å². The maximum absolute atomic E-state index is 11.2. The Morgan fingerprint density at radius 3 is 2.44 bits per heavy atom. The van der Waals surface area contributed by atoms with Gasteiger partial charge < -0.3 is 10.6 Å². The molecule has 0 aliphatic rings. The molecule has 2 N–H and O–H groups in total. The van der Waals surface area contributed by atoms with Gasteiger partial charge in [0.1, 0.15) is 0 Å². The summed E-state index contributed by atoms with van der Waals surface area (Å²) in [5, 5.41) is 6.20. The molecule has 0 aliphatic carbocycles. The molecule has 18 heavy (non-hydrogen) atoms. The molecule has 0 bridgehead atoms. The van der Waals surface area contributed by atoms with Gasteiger partial charge in [-0.15, -0.1) is 0 Å². The highest BCUT2D eigenvalue weighted by Crippen LogP contribution is 2.09. The van der Waals surface area contributed by atoms with E-state index in [4.69, 9.17) is 11.6 Å². The third-order valence-electron chi connectivity index (χ3n) is 2.26. The summed E-state index contributed by atoms with van der Waals surface area (Å²) >= 11 is 5.80. The van der Waals surface area contributed by atoms with Crippen molar-refractivity contribution in [1.29, 1.82) is 0 Å². The van der Waals surface area contributed by atoms with Crippen LogP contribution in [0.4, 0.5) is 11.9 Å². The van der Waals surface area contributed by atoms with Crippen LogP contribution >= 0.6 is 11.6 Å². The van der Waals surface area contributed by atoms with Crippen LogP contribution in [-0.4, -0.2) is 43.8 Å². The van der Waals surface area contributed by atoms with E-state index in [1.165, 1.54) is 0 Å². The van der Waals surface area contributed by atoms with E-state index in [0.29, 0.717) is 18.4 Å². The van der Waals surface area contributed by atoms with Gasteiger partial charge in [-0.1, -0.05) is 6.92 Å². The molecule has 0 radical (unpaired) electrons.